The van der Waals surface area contributed by atoms with Gasteiger partial charge >= 0.3 is 0 Å². The van der Waals surface area contributed by atoms with E-state index in [2.05, 4.69) is 60.2 Å². The number of benzene rings is 1. The molecule has 1 aliphatic heterocycles. The van der Waals surface area contributed by atoms with Crippen molar-refractivity contribution in [2.24, 2.45) is 5.92 Å². The fraction of sp³-hybridized carbons (Fsp3) is 0.667. The first-order valence-corrected chi connectivity index (χ1v) is 9.84. The quantitative estimate of drug-likeness (QED) is 0.827. The van der Waals surface area contributed by atoms with Gasteiger partial charge in [0.25, 0.3) is 0 Å². The molecule has 4 nitrogen and oxygen atoms in total. The highest BCUT2D eigenvalue weighted by molar-refractivity contribution is 5.78. The molecule has 2 aliphatic rings. The number of carbonyl (C=O) groups is 1. The maximum absolute atomic E-state index is 12.1. The van der Waals surface area contributed by atoms with Crippen molar-refractivity contribution in [3.05, 3.63) is 35.4 Å². The molecular weight excluding hydrogens is 310 g/mol. The van der Waals surface area contributed by atoms with E-state index in [9.17, 15) is 4.79 Å². The minimum Gasteiger partial charge on any atom is -0.352 e. The Morgan fingerprint density at radius 1 is 1.04 bits per heavy atom. The Hall–Kier alpha value is -1.39. The summed E-state index contributed by atoms with van der Waals surface area (Å²) < 4.78 is 0. The van der Waals surface area contributed by atoms with Gasteiger partial charge in [-0.2, -0.15) is 0 Å². The SMILES string of the molecule is CC(C)c1ccc(CN2CCN(CC(=O)N[C@@H](C)C3CC3)CC2)cc1. The van der Waals surface area contributed by atoms with Crippen LogP contribution >= 0.6 is 0 Å². The standard InChI is InChI=1S/C21H33N3O/c1-16(2)19-6-4-18(5-7-19)14-23-10-12-24(13-11-23)15-21(25)22-17(3)20-8-9-20/h4-7,16-17,20H,8-15H2,1-3H3,(H,22,25)/t17-/m0/s1. The molecule has 1 heterocycles. The molecule has 1 saturated carbocycles. The zero-order valence-electron chi connectivity index (χ0n) is 16.0. The number of hydrogen-bond acceptors (Lipinski definition) is 3. The minimum absolute atomic E-state index is 0.192. The zero-order valence-corrected chi connectivity index (χ0v) is 16.0. The van der Waals surface area contributed by atoms with Crippen LogP contribution in [0, 0.1) is 5.92 Å². The van der Waals surface area contributed by atoms with Crippen LogP contribution < -0.4 is 5.32 Å². The van der Waals surface area contributed by atoms with Crippen molar-refractivity contribution in [2.75, 3.05) is 32.7 Å². The Morgan fingerprint density at radius 2 is 1.64 bits per heavy atom. The Labute approximate surface area is 152 Å². The molecule has 1 saturated heterocycles. The smallest absolute Gasteiger partial charge is 0.234 e. The number of rotatable bonds is 7. The highest BCUT2D eigenvalue weighted by Crippen LogP contribution is 2.32. The van der Waals surface area contributed by atoms with Crippen molar-refractivity contribution in [2.45, 2.75) is 52.1 Å². The van der Waals surface area contributed by atoms with Crippen molar-refractivity contribution in [3.63, 3.8) is 0 Å². The molecule has 1 aromatic rings. The van der Waals surface area contributed by atoms with Gasteiger partial charge in [0, 0.05) is 38.8 Å². The first-order chi connectivity index (χ1) is 12.0. The predicted octanol–water partition coefficient (Wildman–Crippen LogP) is 2.84. The van der Waals surface area contributed by atoms with Crippen LogP contribution in [-0.4, -0.2) is 54.5 Å². The van der Waals surface area contributed by atoms with Gasteiger partial charge in [0.05, 0.1) is 6.54 Å². The lowest BCUT2D eigenvalue weighted by Gasteiger charge is -2.34. The third-order valence-electron chi connectivity index (χ3n) is 5.60. The normalized spacial score (nSPS) is 20.6. The van der Waals surface area contributed by atoms with Crippen LogP contribution in [0.25, 0.3) is 0 Å². The summed E-state index contributed by atoms with van der Waals surface area (Å²) in [4.78, 5) is 16.9. The van der Waals surface area contributed by atoms with Crippen molar-refractivity contribution in [1.82, 2.24) is 15.1 Å². The van der Waals surface area contributed by atoms with Gasteiger partial charge in [-0.1, -0.05) is 38.1 Å². The number of piperazine rings is 1. The highest BCUT2D eigenvalue weighted by Gasteiger charge is 2.29. The summed E-state index contributed by atoms with van der Waals surface area (Å²) in [5.74, 6) is 1.51. The number of nitrogens with one attached hydrogen (secondary N) is 1. The molecule has 1 atom stereocenters. The van der Waals surface area contributed by atoms with Gasteiger partial charge < -0.3 is 5.32 Å². The molecule has 1 aromatic carbocycles. The highest BCUT2D eigenvalue weighted by atomic mass is 16.2. The molecule has 1 N–H and O–H groups in total. The van der Waals surface area contributed by atoms with E-state index in [4.69, 9.17) is 0 Å². The third-order valence-corrected chi connectivity index (χ3v) is 5.60. The number of carbonyl (C=O) groups excluding carboxylic acids is 1. The number of amides is 1. The van der Waals surface area contributed by atoms with Crippen LogP contribution in [0.3, 0.4) is 0 Å². The molecule has 0 unspecified atom stereocenters. The van der Waals surface area contributed by atoms with Crippen molar-refractivity contribution < 1.29 is 4.79 Å². The second-order valence-electron chi connectivity index (χ2n) is 8.14. The van der Waals surface area contributed by atoms with Crippen molar-refractivity contribution in [1.29, 1.82) is 0 Å². The fourth-order valence-corrected chi connectivity index (χ4v) is 3.59. The summed E-state index contributed by atoms with van der Waals surface area (Å²) in [5, 5.41) is 3.16. The zero-order chi connectivity index (χ0) is 17.8. The first kappa shape index (κ1) is 18.4. The van der Waals surface area contributed by atoms with E-state index in [0.717, 1.165) is 38.6 Å². The van der Waals surface area contributed by atoms with Crippen molar-refractivity contribution >= 4 is 5.91 Å². The summed E-state index contributed by atoms with van der Waals surface area (Å²) in [6.07, 6.45) is 2.55. The fourth-order valence-electron chi connectivity index (χ4n) is 3.59. The topological polar surface area (TPSA) is 35.6 Å². The molecule has 0 bridgehead atoms. The molecule has 0 radical (unpaired) electrons. The summed E-state index contributed by atoms with van der Waals surface area (Å²) >= 11 is 0. The van der Waals surface area contributed by atoms with E-state index in [0.29, 0.717) is 18.5 Å². The average Bonchev–Trinajstić information content (AvgIpc) is 3.42. The van der Waals surface area contributed by atoms with Gasteiger partial charge in [0.2, 0.25) is 5.91 Å². The lowest BCUT2D eigenvalue weighted by molar-refractivity contribution is -0.123. The van der Waals surface area contributed by atoms with E-state index in [1.54, 1.807) is 0 Å². The van der Waals surface area contributed by atoms with Crippen LogP contribution in [0.4, 0.5) is 0 Å². The Morgan fingerprint density at radius 3 is 2.20 bits per heavy atom. The molecule has 4 heteroatoms. The average molecular weight is 344 g/mol. The Bertz CT molecular complexity index is 557. The second-order valence-corrected chi connectivity index (χ2v) is 8.14. The van der Waals surface area contributed by atoms with Gasteiger partial charge in [-0.3, -0.25) is 14.6 Å². The van der Waals surface area contributed by atoms with Crippen LogP contribution in [0.15, 0.2) is 24.3 Å². The van der Waals surface area contributed by atoms with Gasteiger partial charge in [0.15, 0.2) is 0 Å². The van der Waals surface area contributed by atoms with Crippen LogP contribution in [0.1, 0.15) is 50.7 Å². The first-order valence-electron chi connectivity index (χ1n) is 9.84. The molecule has 3 rings (SSSR count). The summed E-state index contributed by atoms with van der Waals surface area (Å²) in [6.45, 7) is 12.2. The Kier molecular flexibility index (Phi) is 6.13. The van der Waals surface area contributed by atoms with Crippen LogP contribution in [-0.2, 0) is 11.3 Å². The molecule has 2 fully saturated rings. The predicted molar refractivity (Wildman–Crippen MR) is 103 cm³/mol. The summed E-state index contributed by atoms with van der Waals surface area (Å²) in [6, 6.07) is 9.37. The maximum Gasteiger partial charge on any atom is 0.234 e. The van der Waals surface area contributed by atoms with Gasteiger partial charge in [0.1, 0.15) is 0 Å². The third kappa shape index (κ3) is 5.55. The minimum atomic E-state index is 0.192. The van der Waals surface area contributed by atoms with Gasteiger partial charge in [-0.25, -0.2) is 0 Å². The van der Waals surface area contributed by atoms with Gasteiger partial charge in [-0.15, -0.1) is 0 Å². The van der Waals surface area contributed by atoms with E-state index >= 15 is 0 Å². The summed E-state index contributed by atoms with van der Waals surface area (Å²) in [5.41, 5.74) is 2.79. The van der Waals surface area contributed by atoms with E-state index in [1.165, 1.54) is 24.0 Å². The monoisotopic (exact) mass is 343 g/mol. The molecule has 138 valence electrons. The largest absolute Gasteiger partial charge is 0.352 e. The second kappa shape index (κ2) is 8.33. The molecule has 1 amide bonds. The lowest BCUT2D eigenvalue weighted by atomic mass is 10.0. The molecule has 0 aromatic heterocycles. The summed E-state index contributed by atoms with van der Waals surface area (Å²) in [7, 11) is 0. The molecule has 0 spiro atoms. The van der Waals surface area contributed by atoms with Crippen molar-refractivity contribution in [3.8, 4) is 0 Å². The molecule has 25 heavy (non-hydrogen) atoms. The van der Waals surface area contributed by atoms with E-state index in [-0.39, 0.29) is 5.91 Å². The van der Waals surface area contributed by atoms with E-state index in [1.807, 2.05) is 0 Å². The Balaban J connectivity index is 1.38. The molecule has 1 aliphatic carbocycles. The van der Waals surface area contributed by atoms with Crippen LogP contribution in [0.2, 0.25) is 0 Å². The van der Waals surface area contributed by atoms with E-state index < -0.39 is 0 Å². The van der Waals surface area contributed by atoms with Crippen LogP contribution in [0.5, 0.6) is 0 Å². The molecular formula is C21H33N3O. The maximum atomic E-state index is 12.1. The van der Waals surface area contributed by atoms with Gasteiger partial charge in [-0.05, 0) is 42.7 Å². The lowest BCUT2D eigenvalue weighted by Crippen LogP contribution is -2.50. The number of nitrogens with zero attached hydrogens (tertiary/aromatic N) is 2. The number of hydrogen-bond donors (Lipinski definition) is 1.